The summed E-state index contributed by atoms with van der Waals surface area (Å²) >= 11 is 6.10. The molecule has 4 nitrogen and oxygen atoms in total. The molecule has 2 aromatic carbocycles. The van der Waals surface area contributed by atoms with Crippen LogP contribution in [-0.2, 0) is 6.54 Å². The number of hydrogen-bond acceptors (Lipinski definition) is 4. The van der Waals surface area contributed by atoms with Gasteiger partial charge in [-0.25, -0.2) is 0 Å². The summed E-state index contributed by atoms with van der Waals surface area (Å²) < 4.78 is 5.36. The lowest BCUT2D eigenvalue weighted by Crippen LogP contribution is -2.00. The van der Waals surface area contributed by atoms with Crippen molar-refractivity contribution in [1.82, 2.24) is 0 Å². The van der Waals surface area contributed by atoms with Crippen molar-refractivity contribution in [3.05, 3.63) is 47.0 Å². The largest absolute Gasteiger partial charge is 0.504 e. The Bertz CT molecular complexity index is 602. The molecule has 0 spiro atoms. The lowest BCUT2D eigenvalue weighted by molar-refractivity contribution is 0.340. The zero-order valence-electron chi connectivity index (χ0n) is 11.1. The molecule has 0 radical (unpaired) electrons. The number of phenolic OH excluding ortho intramolecular Hbond substituents is 2. The van der Waals surface area contributed by atoms with Crippen LogP contribution in [0.15, 0.2) is 36.4 Å². The summed E-state index contributed by atoms with van der Waals surface area (Å²) in [4.78, 5) is 0. The fourth-order valence-electron chi connectivity index (χ4n) is 1.77. The second kappa shape index (κ2) is 6.39. The topological polar surface area (TPSA) is 61.7 Å². The van der Waals surface area contributed by atoms with Gasteiger partial charge in [0.15, 0.2) is 11.5 Å². The molecule has 106 valence electrons. The highest BCUT2D eigenvalue weighted by Gasteiger charge is 2.04. The Morgan fingerprint density at radius 1 is 1.10 bits per heavy atom. The molecule has 2 aromatic rings. The van der Waals surface area contributed by atoms with Crippen molar-refractivity contribution in [1.29, 1.82) is 0 Å². The molecule has 3 N–H and O–H groups in total. The van der Waals surface area contributed by atoms with E-state index in [1.807, 2.05) is 19.1 Å². The average Bonchev–Trinajstić information content (AvgIpc) is 2.43. The highest BCUT2D eigenvalue weighted by Crippen LogP contribution is 2.28. The Balaban J connectivity index is 2.03. The van der Waals surface area contributed by atoms with Crippen molar-refractivity contribution >= 4 is 17.3 Å². The van der Waals surface area contributed by atoms with Gasteiger partial charge < -0.3 is 20.3 Å². The van der Waals surface area contributed by atoms with Crippen LogP contribution in [0, 0.1) is 0 Å². The first-order chi connectivity index (χ1) is 9.60. The maximum atomic E-state index is 9.42. The minimum Gasteiger partial charge on any atom is -0.504 e. The number of nitrogens with one attached hydrogen (secondary N) is 1. The summed E-state index contributed by atoms with van der Waals surface area (Å²) in [7, 11) is 0. The predicted molar refractivity (Wildman–Crippen MR) is 79.7 cm³/mol. The van der Waals surface area contributed by atoms with E-state index in [0.717, 1.165) is 11.3 Å². The number of phenols is 2. The molecule has 20 heavy (non-hydrogen) atoms. The van der Waals surface area contributed by atoms with Gasteiger partial charge in [0, 0.05) is 12.2 Å². The molecule has 0 aromatic heterocycles. The summed E-state index contributed by atoms with van der Waals surface area (Å²) in [6.07, 6.45) is 0. The lowest BCUT2D eigenvalue weighted by atomic mass is 10.2. The van der Waals surface area contributed by atoms with Crippen LogP contribution in [-0.4, -0.2) is 16.8 Å². The molecule has 0 heterocycles. The number of aromatic hydroxyl groups is 2. The van der Waals surface area contributed by atoms with Crippen LogP contribution in [0.1, 0.15) is 12.5 Å². The van der Waals surface area contributed by atoms with Crippen molar-refractivity contribution < 1.29 is 14.9 Å². The van der Waals surface area contributed by atoms with E-state index in [1.54, 1.807) is 12.1 Å². The molecular weight excluding hydrogens is 278 g/mol. The Labute approximate surface area is 122 Å². The van der Waals surface area contributed by atoms with Gasteiger partial charge in [0.1, 0.15) is 5.75 Å². The van der Waals surface area contributed by atoms with Gasteiger partial charge in [-0.3, -0.25) is 0 Å². The molecule has 0 aliphatic heterocycles. The summed E-state index contributed by atoms with van der Waals surface area (Å²) in [5, 5.41) is 22.4. The van der Waals surface area contributed by atoms with Crippen molar-refractivity contribution in [2.24, 2.45) is 0 Å². The van der Waals surface area contributed by atoms with Crippen LogP contribution in [0.2, 0.25) is 5.02 Å². The van der Waals surface area contributed by atoms with Crippen molar-refractivity contribution in [2.45, 2.75) is 13.5 Å². The Morgan fingerprint density at radius 2 is 1.90 bits per heavy atom. The monoisotopic (exact) mass is 293 g/mol. The number of benzene rings is 2. The molecule has 0 amide bonds. The van der Waals surface area contributed by atoms with Crippen molar-refractivity contribution in [3.63, 3.8) is 0 Å². The van der Waals surface area contributed by atoms with Crippen LogP contribution >= 0.6 is 11.6 Å². The minimum absolute atomic E-state index is 0.127. The first kappa shape index (κ1) is 14.3. The zero-order valence-corrected chi connectivity index (χ0v) is 11.8. The molecule has 0 aliphatic rings. The molecule has 0 saturated heterocycles. The molecule has 0 aliphatic carbocycles. The quantitative estimate of drug-likeness (QED) is 0.735. The average molecular weight is 294 g/mol. The number of rotatable bonds is 5. The van der Waals surface area contributed by atoms with E-state index in [4.69, 9.17) is 16.3 Å². The van der Waals surface area contributed by atoms with Gasteiger partial charge in [-0.2, -0.15) is 0 Å². The van der Waals surface area contributed by atoms with Crippen molar-refractivity contribution in [2.75, 3.05) is 11.9 Å². The van der Waals surface area contributed by atoms with Gasteiger partial charge >= 0.3 is 0 Å². The predicted octanol–water partition coefficient (Wildman–Crippen LogP) is 3.76. The molecule has 0 fully saturated rings. The van der Waals surface area contributed by atoms with Crippen LogP contribution in [0.25, 0.3) is 0 Å². The second-order valence-electron chi connectivity index (χ2n) is 4.25. The van der Waals surface area contributed by atoms with Gasteiger partial charge in [-0.05, 0) is 42.8 Å². The SMILES string of the molecule is CCOc1ccc(NCc2ccc(O)c(O)c2)cc1Cl. The van der Waals surface area contributed by atoms with Crippen LogP contribution in [0.5, 0.6) is 17.2 Å². The lowest BCUT2D eigenvalue weighted by Gasteiger charge is -2.10. The fraction of sp³-hybridized carbons (Fsp3) is 0.200. The maximum absolute atomic E-state index is 9.42. The summed E-state index contributed by atoms with van der Waals surface area (Å²) in [5.41, 5.74) is 1.70. The van der Waals surface area contributed by atoms with Gasteiger partial charge in [0.2, 0.25) is 0 Å². The summed E-state index contributed by atoms with van der Waals surface area (Å²) in [6, 6.07) is 10.2. The second-order valence-corrected chi connectivity index (χ2v) is 4.66. The number of hydrogen-bond donors (Lipinski definition) is 3. The van der Waals surface area contributed by atoms with Crippen LogP contribution in [0.4, 0.5) is 5.69 Å². The summed E-state index contributed by atoms with van der Waals surface area (Å²) in [5.74, 6) is 0.397. The van der Waals surface area contributed by atoms with E-state index in [0.29, 0.717) is 23.9 Å². The molecular formula is C15H16ClNO3. The van der Waals surface area contributed by atoms with E-state index in [9.17, 15) is 10.2 Å². The third-order valence-corrected chi connectivity index (χ3v) is 3.06. The smallest absolute Gasteiger partial charge is 0.157 e. The third-order valence-electron chi connectivity index (χ3n) is 2.77. The molecule has 5 heteroatoms. The third kappa shape index (κ3) is 3.48. The molecule has 0 atom stereocenters. The van der Waals surface area contributed by atoms with Gasteiger partial charge in [-0.15, -0.1) is 0 Å². The van der Waals surface area contributed by atoms with E-state index in [-0.39, 0.29) is 11.5 Å². The standard InChI is InChI=1S/C15H16ClNO3/c1-2-20-15-6-4-11(8-12(15)16)17-9-10-3-5-13(18)14(19)7-10/h3-8,17-19H,2,9H2,1H3. The zero-order chi connectivity index (χ0) is 14.5. The van der Waals surface area contributed by atoms with E-state index >= 15 is 0 Å². The van der Waals surface area contributed by atoms with E-state index < -0.39 is 0 Å². The molecule has 2 rings (SSSR count). The maximum Gasteiger partial charge on any atom is 0.157 e. The minimum atomic E-state index is -0.131. The molecule has 0 bridgehead atoms. The summed E-state index contributed by atoms with van der Waals surface area (Å²) in [6.45, 7) is 2.98. The normalized spacial score (nSPS) is 10.3. The Kier molecular flexibility index (Phi) is 4.58. The van der Waals surface area contributed by atoms with Gasteiger partial charge in [-0.1, -0.05) is 17.7 Å². The van der Waals surface area contributed by atoms with Gasteiger partial charge in [0.05, 0.1) is 11.6 Å². The van der Waals surface area contributed by atoms with E-state index in [2.05, 4.69) is 5.32 Å². The van der Waals surface area contributed by atoms with Crippen LogP contribution < -0.4 is 10.1 Å². The highest BCUT2D eigenvalue weighted by atomic mass is 35.5. The molecule has 0 saturated carbocycles. The Hall–Kier alpha value is -2.07. The number of anilines is 1. The van der Waals surface area contributed by atoms with Crippen LogP contribution in [0.3, 0.4) is 0 Å². The first-order valence-electron chi connectivity index (χ1n) is 6.27. The first-order valence-corrected chi connectivity index (χ1v) is 6.65. The highest BCUT2D eigenvalue weighted by molar-refractivity contribution is 6.32. The number of ether oxygens (including phenoxy) is 1. The molecule has 0 unspecified atom stereocenters. The Morgan fingerprint density at radius 3 is 2.55 bits per heavy atom. The van der Waals surface area contributed by atoms with E-state index in [1.165, 1.54) is 12.1 Å². The van der Waals surface area contributed by atoms with Crippen molar-refractivity contribution in [3.8, 4) is 17.2 Å². The fourth-order valence-corrected chi connectivity index (χ4v) is 2.00. The number of halogens is 1. The van der Waals surface area contributed by atoms with Gasteiger partial charge in [0.25, 0.3) is 0 Å².